The summed E-state index contributed by atoms with van der Waals surface area (Å²) in [5, 5.41) is 8.87. The van der Waals surface area contributed by atoms with Gasteiger partial charge in [0, 0.05) is 20.0 Å². The van der Waals surface area contributed by atoms with Gasteiger partial charge < -0.3 is 10.0 Å². The fourth-order valence-corrected chi connectivity index (χ4v) is 2.20. The maximum absolute atomic E-state index is 12.0. The van der Waals surface area contributed by atoms with E-state index < -0.39 is 11.9 Å². The van der Waals surface area contributed by atoms with Crippen LogP contribution in [0.2, 0.25) is 0 Å². The van der Waals surface area contributed by atoms with Gasteiger partial charge in [-0.2, -0.15) is 0 Å². The summed E-state index contributed by atoms with van der Waals surface area (Å²) in [5.41, 5.74) is 2.53. The van der Waals surface area contributed by atoms with Crippen molar-refractivity contribution in [1.29, 1.82) is 0 Å². The second-order valence-electron chi connectivity index (χ2n) is 6.96. The lowest BCUT2D eigenvalue weighted by atomic mass is 9.86. The van der Waals surface area contributed by atoms with Crippen molar-refractivity contribution in [2.75, 3.05) is 13.6 Å². The van der Waals surface area contributed by atoms with Gasteiger partial charge in [-0.05, 0) is 23.0 Å². The molecule has 1 atom stereocenters. The molecule has 1 N–H and O–H groups in total. The van der Waals surface area contributed by atoms with Crippen LogP contribution in [-0.2, 0) is 21.4 Å². The van der Waals surface area contributed by atoms with Crippen molar-refractivity contribution < 1.29 is 14.7 Å². The highest BCUT2D eigenvalue weighted by atomic mass is 16.4. The van der Waals surface area contributed by atoms with Gasteiger partial charge in [-0.15, -0.1) is 0 Å². The van der Waals surface area contributed by atoms with Gasteiger partial charge in [0.25, 0.3) is 0 Å². The summed E-state index contributed by atoms with van der Waals surface area (Å²) in [4.78, 5) is 24.3. The molecular formula is C18H27NO3. The molecule has 0 saturated heterocycles. The van der Waals surface area contributed by atoms with E-state index in [9.17, 15) is 9.59 Å². The van der Waals surface area contributed by atoms with E-state index >= 15 is 0 Å². The van der Waals surface area contributed by atoms with E-state index in [0.717, 1.165) is 5.56 Å². The van der Waals surface area contributed by atoms with Crippen LogP contribution in [0.15, 0.2) is 24.3 Å². The van der Waals surface area contributed by atoms with Crippen LogP contribution in [0.1, 0.15) is 45.2 Å². The quantitative estimate of drug-likeness (QED) is 0.878. The second kappa shape index (κ2) is 7.43. The number of carbonyl (C=O) groups is 2. The van der Waals surface area contributed by atoms with Crippen LogP contribution in [0, 0.1) is 5.92 Å². The predicted octanol–water partition coefficient (Wildman–Crippen LogP) is 3.10. The van der Waals surface area contributed by atoms with E-state index in [2.05, 4.69) is 45.0 Å². The second-order valence-corrected chi connectivity index (χ2v) is 6.96. The Balaban J connectivity index is 2.52. The van der Waals surface area contributed by atoms with E-state index in [1.165, 1.54) is 10.5 Å². The normalized spacial score (nSPS) is 12.8. The molecule has 1 rings (SSSR count). The van der Waals surface area contributed by atoms with Crippen molar-refractivity contribution in [2.45, 2.75) is 46.0 Å². The van der Waals surface area contributed by atoms with Gasteiger partial charge in [0.05, 0.1) is 5.92 Å². The molecule has 0 spiro atoms. The Labute approximate surface area is 133 Å². The number of carbonyl (C=O) groups excluding carboxylic acids is 1. The third-order valence-electron chi connectivity index (χ3n) is 3.84. The van der Waals surface area contributed by atoms with Gasteiger partial charge in [-0.1, -0.05) is 52.0 Å². The molecular weight excluding hydrogens is 278 g/mol. The van der Waals surface area contributed by atoms with Crippen molar-refractivity contribution >= 4 is 11.9 Å². The summed E-state index contributed by atoms with van der Waals surface area (Å²) in [6, 6.07) is 8.34. The molecule has 0 saturated carbocycles. The summed E-state index contributed by atoms with van der Waals surface area (Å²) in [6.45, 7) is 8.37. The molecule has 1 aromatic carbocycles. The smallest absolute Gasteiger partial charge is 0.308 e. The maximum Gasteiger partial charge on any atom is 0.308 e. The third-order valence-corrected chi connectivity index (χ3v) is 3.84. The minimum Gasteiger partial charge on any atom is -0.481 e. The third kappa shape index (κ3) is 5.51. The monoisotopic (exact) mass is 305 g/mol. The van der Waals surface area contributed by atoms with Gasteiger partial charge >= 0.3 is 5.97 Å². The highest BCUT2D eigenvalue weighted by Crippen LogP contribution is 2.22. The summed E-state index contributed by atoms with van der Waals surface area (Å²) in [7, 11) is 1.66. The Kier molecular flexibility index (Phi) is 6.15. The van der Waals surface area contributed by atoms with Crippen LogP contribution >= 0.6 is 0 Å². The number of nitrogens with zero attached hydrogens (tertiary/aromatic N) is 1. The average molecular weight is 305 g/mol. The maximum atomic E-state index is 12.0. The number of carboxylic acid groups (broad SMARTS) is 1. The van der Waals surface area contributed by atoms with E-state index in [-0.39, 0.29) is 17.9 Å². The van der Waals surface area contributed by atoms with E-state index in [0.29, 0.717) is 12.8 Å². The van der Waals surface area contributed by atoms with Gasteiger partial charge in [0.1, 0.15) is 0 Å². The number of aryl methyl sites for hydroxylation is 1. The van der Waals surface area contributed by atoms with Crippen LogP contribution in [0.25, 0.3) is 0 Å². The first kappa shape index (κ1) is 18.2. The minimum absolute atomic E-state index is 0.0204. The minimum atomic E-state index is -0.877. The SMILES string of the molecule is CC(CN(C)C(=O)CCc1ccc(C(C)(C)C)cc1)C(=O)O. The van der Waals surface area contributed by atoms with E-state index in [1.807, 2.05) is 0 Å². The number of hydrogen-bond acceptors (Lipinski definition) is 2. The molecule has 4 nitrogen and oxygen atoms in total. The average Bonchev–Trinajstić information content (AvgIpc) is 2.43. The molecule has 1 aromatic rings. The van der Waals surface area contributed by atoms with E-state index in [1.54, 1.807) is 14.0 Å². The van der Waals surface area contributed by atoms with Crippen molar-refractivity contribution in [2.24, 2.45) is 5.92 Å². The zero-order chi connectivity index (χ0) is 16.9. The number of carboxylic acids is 1. The number of amides is 1. The van der Waals surface area contributed by atoms with Crippen molar-refractivity contribution in [3.8, 4) is 0 Å². The standard InChI is InChI=1S/C18H27NO3/c1-13(17(21)22)12-19(5)16(20)11-8-14-6-9-15(10-7-14)18(2,3)4/h6-7,9-10,13H,8,11-12H2,1-5H3,(H,21,22). The first-order chi connectivity index (χ1) is 10.1. The lowest BCUT2D eigenvalue weighted by molar-refractivity contribution is -0.142. The lowest BCUT2D eigenvalue weighted by Crippen LogP contribution is -2.33. The summed E-state index contributed by atoms with van der Waals surface area (Å²) < 4.78 is 0. The Morgan fingerprint density at radius 1 is 1.18 bits per heavy atom. The van der Waals surface area contributed by atoms with Gasteiger partial charge in [0.2, 0.25) is 5.91 Å². The fraction of sp³-hybridized carbons (Fsp3) is 0.556. The Bertz CT molecular complexity index is 514. The molecule has 0 aliphatic heterocycles. The molecule has 1 unspecified atom stereocenters. The fourth-order valence-electron chi connectivity index (χ4n) is 2.20. The zero-order valence-corrected chi connectivity index (χ0v) is 14.2. The van der Waals surface area contributed by atoms with Crippen molar-refractivity contribution in [3.05, 3.63) is 35.4 Å². The van der Waals surface area contributed by atoms with Crippen molar-refractivity contribution in [3.63, 3.8) is 0 Å². The first-order valence-electron chi connectivity index (χ1n) is 7.67. The van der Waals surface area contributed by atoms with Crippen LogP contribution < -0.4 is 0 Å². The number of rotatable bonds is 6. The zero-order valence-electron chi connectivity index (χ0n) is 14.2. The molecule has 0 aliphatic carbocycles. The molecule has 0 radical (unpaired) electrons. The Morgan fingerprint density at radius 3 is 2.18 bits per heavy atom. The molecule has 1 amide bonds. The van der Waals surface area contributed by atoms with Crippen LogP contribution in [0.3, 0.4) is 0 Å². The molecule has 4 heteroatoms. The molecule has 22 heavy (non-hydrogen) atoms. The highest BCUT2D eigenvalue weighted by Gasteiger charge is 2.17. The number of hydrogen-bond donors (Lipinski definition) is 1. The topological polar surface area (TPSA) is 57.6 Å². The summed E-state index contributed by atoms with van der Waals surface area (Å²) in [6.07, 6.45) is 1.08. The Hall–Kier alpha value is -1.84. The van der Waals surface area contributed by atoms with Crippen molar-refractivity contribution in [1.82, 2.24) is 4.90 Å². The molecule has 122 valence electrons. The largest absolute Gasteiger partial charge is 0.481 e. The van der Waals surface area contributed by atoms with Crippen LogP contribution in [0.5, 0.6) is 0 Å². The first-order valence-corrected chi connectivity index (χ1v) is 7.67. The molecule has 0 heterocycles. The number of benzene rings is 1. The molecule has 0 bridgehead atoms. The number of aliphatic carboxylic acids is 1. The van der Waals surface area contributed by atoms with E-state index in [4.69, 9.17) is 5.11 Å². The van der Waals surface area contributed by atoms with Gasteiger partial charge in [0.15, 0.2) is 0 Å². The predicted molar refractivity (Wildman–Crippen MR) is 87.9 cm³/mol. The highest BCUT2D eigenvalue weighted by molar-refractivity contribution is 5.77. The van der Waals surface area contributed by atoms with Gasteiger partial charge in [-0.3, -0.25) is 9.59 Å². The molecule has 0 aromatic heterocycles. The van der Waals surface area contributed by atoms with Gasteiger partial charge in [-0.25, -0.2) is 0 Å². The summed E-state index contributed by atoms with van der Waals surface area (Å²) >= 11 is 0. The molecule has 0 aliphatic rings. The summed E-state index contributed by atoms with van der Waals surface area (Å²) in [5.74, 6) is -1.44. The molecule has 0 fully saturated rings. The lowest BCUT2D eigenvalue weighted by Gasteiger charge is -2.20. The van der Waals surface area contributed by atoms with Crippen LogP contribution in [-0.4, -0.2) is 35.5 Å². The Morgan fingerprint density at radius 2 is 1.73 bits per heavy atom. The van der Waals surface area contributed by atoms with Crippen LogP contribution in [0.4, 0.5) is 0 Å².